The second-order valence-electron chi connectivity index (χ2n) is 6.81. The minimum Gasteiger partial charge on any atom is -0.495 e. The van der Waals surface area contributed by atoms with Gasteiger partial charge in [0.25, 0.3) is 5.91 Å². The molecule has 0 radical (unpaired) electrons. The number of carbonyl (C=O) groups is 1. The number of anilines is 1. The molecule has 0 bridgehead atoms. The van der Waals surface area contributed by atoms with Gasteiger partial charge in [-0.2, -0.15) is 5.10 Å². The number of halogens is 1. The lowest BCUT2D eigenvalue weighted by molar-refractivity contribution is 0.0743. The molecule has 1 amide bonds. The fourth-order valence-corrected chi connectivity index (χ4v) is 3.63. The molecule has 1 aliphatic heterocycles. The molecule has 1 aliphatic rings. The number of methoxy groups -OCH3 is 2. The standard InChI is InChI=1S/C20H22FN5O3/c1-24-19-14(12-23-24)18(29-3)15(11-22-19)20(27)26-8-6-25(7-9-26)13-4-5-16(21)17(10-13)28-2/h4-5,10-12H,6-9H2,1-3H3. The first kappa shape index (κ1) is 19.0. The van der Waals surface area contributed by atoms with Gasteiger partial charge in [-0.1, -0.05) is 0 Å². The number of hydrogen-bond donors (Lipinski definition) is 0. The first-order valence-electron chi connectivity index (χ1n) is 9.26. The summed E-state index contributed by atoms with van der Waals surface area (Å²) in [5, 5.41) is 4.89. The second-order valence-corrected chi connectivity index (χ2v) is 6.81. The predicted octanol–water partition coefficient (Wildman–Crippen LogP) is 2.09. The Morgan fingerprint density at radius 3 is 2.55 bits per heavy atom. The highest BCUT2D eigenvalue weighted by atomic mass is 19.1. The summed E-state index contributed by atoms with van der Waals surface area (Å²) in [5.74, 6) is 0.173. The molecule has 1 saturated heterocycles. The van der Waals surface area contributed by atoms with Crippen molar-refractivity contribution in [2.24, 2.45) is 7.05 Å². The third-order valence-electron chi connectivity index (χ3n) is 5.21. The lowest BCUT2D eigenvalue weighted by atomic mass is 10.1. The van der Waals surface area contributed by atoms with Gasteiger partial charge in [0.05, 0.1) is 25.8 Å². The topological polar surface area (TPSA) is 72.7 Å². The summed E-state index contributed by atoms with van der Waals surface area (Å²) in [5.41, 5.74) is 1.95. The van der Waals surface area contributed by atoms with Gasteiger partial charge in [-0.05, 0) is 12.1 Å². The van der Waals surface area contributed by atoms with E-state index in [1.54, 1.807) is 48.3 Å². The first-order valence-corrected chi connectivity index (χ1v) is 9.26. The fraction of sp³-hybridized carbons (Fsp3) is 0.350. The van der Waals surface area contributed by atoms with Crippen LogP contribution in [-0.4, -0.2) is 66.0 Å². The quantitative estimate of drug-likeness (QED) is 0.669. The van der Waals surface area contributed by atoms with Crippen molar-refractivity contribution in [2.45, 2.75) is 0 Å². The molecule has 8 nitrogen and oxygen atoms in total. The number of nitrogens with zero attached hydrogens (tertiary/aromatic N) is 5. The summed E-state index contributed by atoms with van der Waals surface area (Å²) in [4.78, 5) is 21.4. The van der Waals surface area contributed by atoms with Gasteiger partial charge in [0.2, 0.25) is 0 Å². The van der Waals surface area contributed by atoms with Crippen LogP contribution in [-0.2, 0) is 7.05 Å². The van der Waals surface area contributed by atoms with Crippen LogP contribution in [0.5, 0.6) is 11.5 Å². The molecule has 1 fully saturated rings. The largest absolute Gasteiger partial charge is 0.495 e. The maximum atomic E-state index is 13.7. The number of rotatable bonds is 4. The normalized spacial score (nSPS) is 14.3. The van der Waals surface area contributed by atoms with Gasteiger partial charge in [-0.15, -0.1) is 0 Å². The van der Waals surface area contributed by atoms with Crippen LogP contribution in [0, 0.1) is 5.82 Å². The van der Waals surface area contributed by atoms with Gasteiger partial charge in [-0.25, -0.2) is 9.37 Å². The van der Waals surface area contributed by atoms with Crippen molar-refractivity contribution in [3.8, 4) is 11.5 Å². The van der Waals surface area contributed by atoms with E-state index in [1.165, 1.54) is 13.2 Å². The lowest BCUT2D eigenvalue weighted by Gasteiger charge is -2.36. The number of pyridine rings is 1. The first-order chi connectivity index (χ1) is 14.0. The van der Waals surface area contributed by atoms with E-state index in [0.717, 1.165) is 5.69 Å². The van der Waals surface area contributed by atoms with E-state index in [-0.39, 0.29) is 11.7 Å². The summed E-state index contributed by atoms with van der Waals surface area (Å²) < 4.78 is 25.9. The number of benzene rings is 1. The summed E-state index contributed by atoms with van der Waals surface area (Å²) in [6.45, 7) is 2.33. The van der Waals surface area contributed by atoms with Gasteiger partial charge in [0.15, 0.2) is 17.2 Å². The number of carbonyl (C=O) groups excluding carboxylic acids is 1. The van der Waals surface area contributed by atoms with Crippen LogP contribution in [0.15, 0.2) is 30.6 Å². The number of ether oxygens (including phenoxy) is 2. The van der Waals surface area contributed by atoms with E-state index in [4.69, 9.17) is 9.47 Å². The van der Waals surface area contributed by atoms with Crippen molar-refractivity contribution in [2.75, 3.05) is 45.3 Å². The van der Waals surface area contributed by atoms with Gasteiger partial charge in [0.1, 0.15) is 11.3 Å². The van der Waals surface area contributed by atoms with Crippen molar-refractivity contribution < 1.29 is 18.7 Å². The maximum absolute atomic E-state index is 13.7. The molecular weight excluding hydrogens is 377 g/mol. The monoisotopic (exact) mass is 399 g/mol. The highest BCUT2D eigenvalue weighted by molar-refractivity contribution is 6.01. The van der Waals surface area contributed by atoms with Gasteiger partial charge in [0, 0.05) is 51.2 Å². The molecular formula is C20H22FN5O3. The van der Waals surface area contributed by atoms with Crippen LogP contribution in [0.3, 0.4) is 0 Å². The van der Waals surface area contributed by atoms with Crippen molar-refractivity contribution in [1.29, 1.82) is 0 Å². The SMILES string of the molecule is COc1cc(N2CCN(C(=O)c3cnc4c(cnn4C)c3OC)CC2)ccc1F. The summed E-state index contributed by atoms with van der Waals surface area (Å²) in [6.07, 6.45) is 3.19. The van der Waals surface area contributed by atoms with Crippen LogP contribution >= 0.6 is 0 Å². The molecule has 2 aromatic heterocycles. The van der Waals surface area contributed by atoms with E-state index in [0.29, 0.717) is 48.5 Å². The summed E-state index contributed by atoms with van der Waals surface area (Å²) >= 11 is 0. The zero-order chi connectivity index (χ0) is 20.5. The minimum atomic E-state index is -0.393. The Morgan fingerprint density at radius 1 is 1.10 bits per heavy atom. The Hall–Kier alpha value is -3.36. The van der Waals surface area contributed by atoms with Gasteiger partial charge in [-0.3, -0.25) is 9.48 Å². The molecule has 29 heavy (non-hydrogen) atoms. The molecule has 3 aromatic rings. The highest BCUT2D eigenvalue weighted by Crippen LogP contribution is 2.30. The minimum absolute atomic E-state index is 0.128. The highest BCUT2D eigenvalue weighted by Gasteiger charge is 2.26. The van der Waals surface area contributed by atoms with Crippen molar-refractivity contribution in [3.63, 3.8) is 0 Å². The Kier molecular flexibility index (Phi) is 4.96. The maximum Gasteiger partial charge on any atom is 0.259 e. The van der Waals surface area contributed by atoms with E-state index in [2.05, 4.69) is 15.0 Å². The molecule has 1 aromatic carbocycles. The number of amides is 1. The average molecular weight is 399 g/mol. The van der Waals surface area contributed by atoms with Crippen molar-refractivity contribution in [3.05, 3.63) is 42.0 Å². The number of piperazine rings is 1. The third-order valence-corrected chi connectivity index (χ3v) is 5.21. The van der Waals surface area contributed by atoms with Crippen LogP contribution in [0.2, 0.25) is 0 Å². The molecule has 0 unspecified atom stereocenters. The van der Waals surface area contributed by atoms with Crippen molar-refractivity contribution in [1.82, 2.24) is 19.7 Å². The predicted molar refractivity (Wildman–Crippen MR) is 106 cm³/mol. The van der Waals surface area contributed by atoms with Crippen LogP contribution < -0.4 is 14.4 Å². The number of hydrogen-bond acceptors (Lipinski definition) is 6. The zero-order valence-electron chi connectivity index (χ0n) is 16.6. The number of aromatic nitrogens is 3. The smallest absolute Gasteiger partial charge is 0.259 e. The fourth-order valence-electron chi connectivity index (χ4n) is 3.63. The van der Waals surface area contributed by atoms with Crippen LogP contribution in [0.4, 0.5) is 10.1 Å². The molecule has 0 saturated carbocycles. The van der Waals surface area contributed by atoms with E-state index < -0.39 is 5.82 Å². The van der Waals surface area contributed by atoms with Crippen molar-refractivity contribution >= 4 is 22.6 Å². The van der Waals surface area contributed by atoms with Crippen LogP contribution in [0.1, 0.15) is 10.4 Å². The Labute approximate surface area is 167 Å². The van der Waals surface area contributed by atoms with Crippen LogP contribution in [0.25, 0.3) is 11.0 Å². The number of fused-ring (bicyclic) bond motifs is 1. The lowest BCUT2D eigenvalue weighted by Crippen LogP contribution is -2.48. The Bertz CT molecular complexity index is 1060. The molecule has 4 rings (SSSR count). The number of aryl methyl sites for hydroxylation is 1. The Balaban J connectivity index is 1.52. The third kappa shape index (κ3) is 3.32. The molecule has 0 aliphatic carbocycles. The molecule has 152 valence electrons. The van der Waals surface area contributed by atoms with E-state index in [9.17, 15) is 9.18 Å². The average Bonchev–Trinajstić information content (AvgIpc) is 3.14. The Morgan fingerprint density at radius 2 is 1.86 bits per heavy atom. The zero-order valence-corrected chi connectivity index (χ0v) is 16.6. The van der Waals surface area contributed by atoms with Gasteiger partial charge < -0.3 is 19.3 Å². The van der Waals surface area contributed by atoms with E-state index in [1.807, 2.05) is 0 Å². The summed E-state index contributed by atoms with van der Waals surface area (Å²) in [6, 6.07) is 4.79. The second kappa shape index (κ2) is 7.57. The molecule has 3 heterocycles. The molecule has 0 atom stereocenters. The van der Waals surface area contributed by atoms with Gasteiger partial charge >= 0.3 is 0 Å². The molecule has 0 N–H and O–H groups in total. The molecule has 0 spiro atoms. The molecule has 9 heteroatoms. The van der Waals surface area contributed by atoms with E-state index >= 15 is 0 Å². The summed E-state index contributed by atoms with van der Waals surface area (Å²) in [7, 11) is 4.78.